The fourth-order valence-corrected chi connectivity index (χ4v) is 2.34. The number of amides is 1. The minimum absolute atomic E-state index is 0.235. The fourth-order valence-electron chi connectivity index (χ4n) is 2.34. The van der Waals surface area contributed by atoms with Gasteiger partial charge in [-0.1, -0.05) is 19.1 Å². The Morgan fingerprint density at radius 3 is 2.70 bits per heavy atom. The SMILES string of the molecule is CCc1ccc(NC(=O)c2c(O)c3cccnc3[nH]c2=O)cc1. The molecular formula is C17H15N3O3. The number of carbonyl (C=O) groups excluding carboxylic acids is 1. The lowest BCUT2D eigenvalue weighted by atomic mass is 10.1. The molecule has 0 atom stereocenters. The third kappa shape index (κ3) is 2.78. The number of rotatable bonds is 3. The summed E-state index contributed by atoms with van der Waals surface area (Å²) < 4.78 is 0. The van der Waals surface area contributed by atoms with Crippen molar-refractivity contribution in [3.63, 3.8) is 0 Å². The standard InChI is InChI=1S/C17H15N3O3/c1-2-10-5-7-11(8-6-10)19-16(22)13-14(21)12-4-3-9-18-15(12)20-17(13)23/h3-9H,2H2,1H3,(H,19,22)(H2,18,20,21,23). The van der Waals surface area contributed by atoms with Crippen molar-refractivity contribution in [1.82, 2.24) is 9.97 Å². The highest BCUT2D eigenvalue weighted by Gasteiger charge is 2.19. The maximum absolute atomic E-state index is 12.3. The Morgan fingerprint density at radius 2 is 2.00 bits per heavy atom. The van der Waals surface area contributed by atoms with Gasteiger partial charge in [0.05, 0.1) is 5.39 Å². The summed E-state index contributed by atoms with van der Waals surface area (Å²) in [5.41, 5.74) is 0.915. The molecule has 0 fully saturated rings. The van der Waals surface area contributed by atoms with Crippen molar-refractivity contribution < 1.29 is 9.90 Å². The number of aromatic hydroxyl groups is 1. The van der Waals surface area contributed by atoms with Crippen LogP contribution in [0.4, 0.5) is 5.69 Å². The van der Waals surface area contributed by atoms with Crippen molar-refractivity contribution in [2.45, 2.75) is 13.3 Å². The Bertz CT molecular complexity index is 930. The zero-order valence-corrected chi connectivity index (χ0v) is 12.5. The normalized spacial score (nSPS) is 10.7. The second kappa shape index (κ2) is 5.92. The Kier molecular flexibility index (Phi) is 3.80. The molecule has 0 spiro atoms. The summed E-state index contributed by atoms with van der Waals surface area (Å²) >= 11 is 0. The topological polar surface area (TPSA) is 95.1 Å². The molecule has 0 unspecified atom stereocenters. The number of pyridine rings is 2. The lowest BCUT2D eigenvalue weighted by Gasteiger charge is -2.08. The van der Waals surface area contributed by atoms with E-state index in [0.29, 0.717) is 11.1 Å². The van der Waals surface area contributed by atoms with Gasteiger partial charge in [-0.05, 0) is 36.2 Å². The number of fused-ring (bicyclic) bond motifs is 1. The number of nitrogens with one attached hydrogen (secondary N) is 2. The van der Waals surface area contributed by atoms with Crippen molar-refractivity contribution in [2.75, 3.05) is 5.32 Å². The summed E-state index contributed by atoms with van der Waals surface area (Å²) in [6.45, 7) is 2.04. The molecule has 116 valence electrons. The van der Waals surface area contributed by atoms with Gasteiger partial charge in [-0.3, -0.25) is 9.59 Å². The molecule has 23 heavy (non-hydrogen) atoms. The van der Waals surface area contributed by atoms with Crippen LogP contribution in [0.2, 0.25) is 0 Å². The first-order valence-corrected chi connectivity index (χ1v) is 7.20. The molecule has 0 aliphatic rings. The molecule has 0 aliphatic heterocycles. The van der Waals surface area contributed by atoms with Crippen molar-refractivity contribution in [3.05, 3.63) is 64.1 Å². The molecule has 6 heteroatoms. The van der Waals surface area contributed by atoms with Crippen LogP contribution in [0.1, 0.15) is 22.8 Å². The average Bonchev–Trinajstić information content (AvgIpc) is 2.55. The molecule has 2 aromatic heterocycles. The van der Waals surface area contributed by atoms with E-state index in [9.17, 15) is 14.7 Å². The Balaban J connectivity index is 1.98. The molecule has 6 nitrogen and oxygen atoms in total. The molecule has 3 aromatic rings. The highest BCUT2D eigenvalue weighted by Crippen LogP contribution is 2.24. The van der Waals surface area contributed by atoms with E-state index < -0.39 is 11.5 Å². The van der Waals surface area contributed by atoms with Gasteiger partial charge in [-0.25, -0.2) is 4.98 Å². The van der Waals surface area contributed by atoms with Gasteiger partial charge in [0.25, 0.3) is 11.5 Å². The second-order valence-electron chi connectivity index (χ2n) is 5.08. The monoisotopic (exact) mass is 309 g/mol. The second-order valence-corrected chi connectivity index (χ2v) is 5.08. The van der Waals surface area contributed by atoms with E-state index in [2.05, 4.69) is 15.3 Å². The number of benzene rings is 1. The van der Waals surface area contributed by atoms with E-state index in [1.165, 1.54) is 6.20 Å². The van der Waals surface area contributed by atoms with Crippen LogP contribution in [0.15, 0.2) is 47.4 Å². The molecule has 0 bridgehead atoms. The van der Waals surface area contributed by atoms with Crippen LogP contribution in [0.25, 0.3) is 11.0 Å². The maximum atomic E-state index is 12.3. The molecular weight excluding hydrogens is 294 g/mol. The highest BCUT2D eigenvalue weighted by molar-refractivity contribution is 6.08. The number of H-pyrrole nitrogens is 1. The van der Waals surface area contributed by atoms with Gasteiger partial charge in [0.1, 0.15) is 17.0 Å². The first-order valence-electron chi connectivity index (χ1n) is 7.20. The Morgan fingerprint density at radius 1 is 1.26 bits per heavy atom. The molecule has 3 N–H and O–H groups in total. The van der Waals surface area contributed by atoms with Crippen molar-refractivity contribution in [2.24, 2.45) is 0 Å². The number of hydrogen-bond acceptors (Lipinski definition) is 4. The first kappa shape index (κ1) is 14.8. The van der Waals surface area contributed by atoms with Gasteiger partial charge >= 0.3 is 0 Å². The number of anilines is 1. The molecule has 3 rings (SSSR count). The van der Waals surface area contributed by atoms with E-state index in [4.69, 9.17) is 0 Å². The third-order valence-electron chi connectivity index (χ3n) is 3.61. The van der Waals surface area contributed by atoms with E-state index >= 15 is 0 Å². The number of aromatic nitrogens is 2. The Labute approximate surface area is 131 Å². The minimum atomic E-state index is -0.684. The molecule has 1 aromatic carbocycles. The largest absolute Gasteiger partial charge is 0.506 e. The van der Waals surface area contributed by atoms with Crippen molar-refractivity contribution in [1.29, 1.82) is 0 Å². The smallest absolute Gasteiger partial charge is 0.266 e. The summed E-state index contributed by atoms with van der Waals surface area (Å²) in [7, 11) is 0. The van der Waals surface area contributed by atoms with Gasteiger partial charge in [-0.15, -0.1) is 0 Å². The molecule has 1 amide bonds. The zero-order valence-electron chi connectivity index (χ0n) is 12.5. The molecule has 0 saturated carbocycles. The van der Waals surface area contributed by atoms with E-state index in [1.807, 2.05) is 19.1 Å². The molecule has 2 heterocycles. The summed E-state index contributed by atoms with van der Waals surface area (Å²) in [6.07, 6.45) is 2.39. The van der Waals surface area contributed by atoms with Crippen LogP contribution < -0.4 is 10.9 Å². The predicted octanol–water partition coefficient (Wildman–Crippen LogP) is 2.44. The van der Waals surface area contributed by atoms with E-state index in [0.717, 1.165) is 12.0 Å². The molecule has 0 radical (unpaired) electrons. The summed E-state index contributed by atoms with van der Waals surface area (Å²) in [5.74, 6) is -1.04. The summed E-state index contributed by atoms with van der Waals surface area (Å²) in [5, 5.41) is 13.2. The third-order valence-corrected chi connectivity index (χ3v) is 3.61. The summed E-state index contributed by atoms with van der Waals surface area (Å²) in [4.78, 5) is 30.9. The molecule has 0 saturated heterocycles. The number of aromatic amines is 1. The summed E-state index contributed by atoms with van der Waals surface area (Å²) in [6, 6.07) is 10.5. The van der Waals surface area contributed by atoms with Gasteiger partial charge < -0.3 is 15.4 Å². The minimum Gasteiger partial charge on any atom is -0.506 e. The number of hydrogen-bond donors (Lipinski definition) is 3. The number of nitrogens with zero attached hydrogens (tertiary/aromatic N) is 1. The zero-order chi connectivity index (χ0) is 16.4. The van der Waals surface area contributed by atoms with Crippen LogP contribution in [-0.4, -0.2) is 21.0 Å². The lowest BCUT2D eigenvalue weighted by Crippen LogP contribution is -2.23. The maximum Gasteiger partial charge on any atom is 0.266 e. The van der Waals surface area contributed by atoms with Crippen LogP contribution in [0.5, 0.6) is 5.75 Å². The quantitative estimate of drug-likeness (QED) is 0.692. The highest BCUT2D eigenvalue weighted by atomic mass is 16.3. The van der Waals surface area contributed by atoms with Gasteiger partial charge in [0, 0.05) is 11.9 Å². The first-order chi connectivity index (χ1) is 11.1. The van der Waals surface area contributed by atoms with Gasteiger partial charge in [0.15, 0.2) is 0 Å². The lowest BCUT2D eigenvalue weighted by molar-refractivity contribution is 0.102. The van der Waals surface area contributed by atoms with Gasteiger partial charge in [0.2, 0.25) is 0 Å². The Hall–Kier alpha value is -3.15. The van der Waals surface area contributed by atoms with E-state index in [1.54, 1.807) is 24.3 Å². The van der Waals surface area contributed by atoms with Crippen LogP contribution in [-0.2, 0) is 6.42 Å². The van der Waals surface area contributed by atoms with E-state index in [-0.39, 0.29) is 17.0 Å². The van der Waals surface area contributed by atoms with Crippen molar-refractivity contribution in [3.8, 4) is 5.75 Å². The number of carbonyl (C=O) groups is 1. The average molecular weight is 309 g/mol. The fraction of sp³-hybridized carbons (Fsp3) is 0.118. The van der Waals surface area contributed by atoms with Crippen molar-refractivity contribution >= 4 is 22.6 Å². The van der Waals surface area contributed by atoms with Crippen LogP contribution in [0.3, 0.4) is 0 Å². The predicted molar refractivity (Wildman–Crippen MR) is 87.8 cm³/mol. The number of aryl methyl sites for hydroxylation is 1. The van der Waals surface area contributed by atoms with Crippen LogP contribution in [0, 0.1) is 0 Å². The van der Waals surface area contributed by atoms with Gasteiger partial charge in [-0.2, -0.15) is 0 Å². The molecule has 0 aliphatic carbocycles. The van der Waals surface area contributed by atoms with Crippen LogP contribution >= 0.6 is 0 Å².